The van der Waals surface area contributed by atoms with Crippen molar-refractivity contribution in [3.63, 3.8) is 0 Å². The van der Waals surface area contributed by atoms with Gasteiger partial charge in [0.1, 0.15) is 23.0 Å². The van der Waals surface area contributed by atoms with Gasteiger partial charge in [-0.3, -0.25) is 9.98 Å². The van der Waals surface area contributed by atoms with E-state index >= 15 is 0 Å². The average Bonchev–Trinajstić information content (AvgIpc) is 2.82. The van der Waals surface area contributed by atoms with Gasteiger partial charge in [-0.2, -0.15) is 0 Å². The van der Waals surface area contributed by atoms with E-state index < -0.39 is 0 Å². The third kappa shape index (κ3) is 5.46. The van der Waals surface area contributed by atoms with Crippen molar-refractivity contribution in [1.82, 2.24) is 0 Å². The molecule has 33 heavy (non-hydrogen) atoms. The Morgan fingerprint density at radius 1 is 0.545 bits per heavy atom. The highest BCUT2D eigenvalue weighted by molar-refractivity contribution is 6.03. The van der Waals surface area contributed by atoms with E-state index in [0.717, 1.165) is 22.8 Å². The lowest BCUT2D eigenvalue weighted by molar-refractivity contribution is 0.473. The first kappa shape index (κ1) is 21.8. The lowest BCUT2D eigenvalue weighted by atomic mass is 10.1. The molecule has 0 aliphatic rings. The van der Waals surface area contributed by atoms with Crippen molar-refractivity contribution in [1.29, 1.82) is 0 Å². The van der Waals surface area contributed by atoms with Gasteiger partial charge in [0.25, 0.3) is 0 Å². The number of aliphatic imine (C=N–C) groups is 2. The minimum absolute atomic E-state index is 0.210. The summed E-state index contributed by atoms with van der Waals surface area (Å²) in [6, 6.07) is 29.2. The van der Waals surface area contributed by atoms with Crippen LogP contribution in [0.15, 0.2) is 107 Å². The fourth-order valence-corrected chi connectivity index (χ4v) is 3.38. The molecule has 0 saturated heterocycles. The zero-order valence-electron chi connectivity index (χ0n) is 18.4. The largest absolute Gasteiger partial charge is 0.507 e. The van der Waals surface area contributed by atoms with Crippen LogP contribution in [0.2, 0.25) is 0 Å². The van der Waals surface area contributed by atoms with Gasteiger partial charge in [0.2, 0.25) is 0 Å². The van der Waals surface area contributed by atoms with E-state index in [0.29, 0.717) is 22.6 Å². The molecule has 4 aromatic carbocycles. The van der Waals surface area contributed by atoms with Crippen molar-refractivity contribution in [3.05, 3.63) is 108 Å². The van der Waals surface area contributed by atoms with Crippen molar-refractivity contribution >= 4 is 22.8 Å². The molecule has 4 rings (SSSR count). The maximum Gasteiger partial charge on any atom is 0.127 e. The Labute approximate surface area is 193 Å². The van der Waals surface area contributed by atoms with Crippen LogP contribution in [0.1, 0.15) is 25.0 Å². The van der Waals surface area contributed by atoms with Crippen LogP contribution < -0.4 is 4.74 Å². The molecule has 0 amide bonds. The fourth-order valence-electron chi connectivity index (χ4n) is 3.38. The number of nitrogens with zero attached hydrogens (tertiary/aromatic N) is 2. The fraction of sp³-hybridized carbons (Fsp3) is 0.0714. The molecule has 2 N–H and O–H groups in total. The van der Waals surface area contributed by atoms with Crippen molar-refractivity contribution < 1.29 is 14.9 Å². The summed E-state index contributed by atoms with van der Waals surface area (Å²) in [5.74, 6) is 1.80. The third-order valence-corrected chi connectivity index (χ3v) is 5.09. The molecular formula is C28H24N2O3. The van der Waals surface area contributed by atoms with Crippen LogP contribution in [-0.2, 0) is 0 Å². The summed E-state index contributed by atoms with van der Waals surface area (Å²) >= 11 is 0. The van der Waals surface area contributed by atoms with E-state index in [-0.39, 0.29) is 11.5 Å². The molecule has 4 aromatic rings. The number of phenolic OH excluding ortho intramolecular Hbond substituents is 2. The molecule has 5 heteroatoms. The molecule has 0 bridgehead atoms. The summed E-state index contributed by atoms with van der Waals surface area (Å²) in [7, 11) is 0. The summed E-state index contributed by atoms with van der Waals surface area (Å²) in [4.78, 5) is 9.15. The summed E-state index contributed by atoms with van der Waals surface area (Å²) in [5.41, 5.74) is 4.42. The Bertz CT molecular complexity index is 1200. The molecule has 0 radical (unpaired) electrons. The van der Waals surface area contributed by atoms with Gasteiger partial charge >= 0.3 is 0 Å². The smallest absolute Gasteiger partial charge is 0.127 e. The number of hydrogen-bond donors (Lipinski definition) is 2. The van der Waals surface area contributed by atoms with Crippen LogP contribution in [0.3, 0.4) is 0 Å². The molecule has 0 aromatic heterocycles. The second-order valence-electron chi connectivity index (χ2n) is 7.52. The van der Waals surface area contributed by atoms with Gasteiger partial charge in [-0.1, -0.05) is 24.3 Å². The number of phenols is 2. The number of ether oxygens (including phenoxy) is 1. The second-order valence-corrected chi connectivity index (χ2v) is 7.52. The second kappa shape index (κ2) is 9.83. The van der Waals surface area contributed by atoms with Gasteiger partial charge in [0, 0.05) is 22.6 Å². The van der Waals surface area contributed by atoms with Crippen LogP contribution in [0, 0.1) is 0 Å². The van der Waals surface area contributed by atoms with Gasteiger partial charge in [0.05, 0.1) is 11.4 Å². The maximum absolute atomic E-state index is 9.99. The Kier molecular flexibility index (Phi) is 6.51. The summed E-state index contributed by atoms with van der Waals surface area (Å²) in [5, 5.41) is 20.0. The number of hydrogen-bond acceptors (Lipinski definition) is 5. The Morgan fingerprint density at radius 3 is 1.27 bits per heavy atom. The van der Waals surface area contributed by atoms with E-state index in [2.05, 4.69) is 9.98 Å². The molecule has 0 fully saturated rings. The quantitative estimate of drug-likeness (QED) is 0.315. The molecule has 164 valence electrons. The highest BCUT2D eigenvalue weighted by Crippen LogP contribution is 2.27. The molecule has 0 aliphatic carbocycles. The molecule has 0 atom stereocenters. The van der Waals surface area contributed by atoms with Crippen molar-refractivity contribution in [2.75, 3.05) is 0 Å². The van der Waals surface area contributed by atoms with Gasteiger partial charge in [-0.05, 0) is 86.6 Å². The third-order valence-electron chi connectivity index (χ3n) is 5.09. The number of rotatable bonds is 6. The maximum atomic E-state index is 9.99. The first-order valence-corrected chi connectivity index (χ1v) is 10.5. The average molecular weight is 437 g/mol. The predicted octanol–water partition coefficient (Wildman–Crippen LogP) is 7.17. The van der Waals surface area contributed by atoms with E-state index in [4.69, 9.17) is 4.74 Å². The monoisotopic (exact) mass is 436 g/mol. The van der Waals surface area contributed by atoms with Crippen LogP contribution in [0.25, 0.3) is 0 Å². The first-order chi connectivity index (χ1) is 16.0. The molecule has 0 heterocycles. The van der Waals surface area contributed by atoms with E-state index in [9.17, 15) is 10.2 Å². The molecule has 0 aliphatic heterocycles. The SMILES string of the molecule is CC(=Nc1ccc(Oc2ccc(N=C(C)c3ccccc3O)cc2)cc1)c1ccccc1O. The molecule has 0 spiro atoms. The van der Waals surface area contributed by atoms with Gasteiger partial charge in [-0.15, -0.1) is 0 Å². The Morgan fingerprint density at radius 2 is 0.909 bits per heavy atom. The van der Waals surface area contributed by atoms with Crippen molar-refractivity contribution in [2.45, 2.75) is 13.8 Å². The van der Waals surface area contributed by atoms with E-state index in [1.165, 1.54) is 0 Å². The highest BCUT2D eigenvalue weighted by Gasteiger charge is 2.05. The number of benzene rings is 4. The Balaban J connectivity index is 1.43. The zero-order chi connectivity index (χ0) is 23.2. The molecular weight excluding hydrogens is 412 g/mol. The molecule has 5 nitrogen and oxygen atoms in total. The molecule has 0 unspecified atom stereocenters. The Hall–Kier alpha value is -4.38. The predicted molar refractivity (Wildman–Crippen MR) is 133 cm³/mol. The topological polar surface area (TPSA) is 74.4 Å². The summed E-state index contributed by atoms with van der Waals surface area (Å²) < 4.78 is 5.93. The lowest BCUT2D eigenvalue weighted by Gasteiger charge is -2.08. The highest BCUT2D eigenvalue weighted by atomic mass is 16.5. The first-order valence-electron chi connectivity index (χ1n) is 10.5. The lowest BCUT2D eigenvalue weighted by Crippen LogP contribution is -1.94. The van der Waals surface area contributed by atoms with E-state index in [1.54, 1.807) is 24.3 Å². The number of aromatic hydroxyl groups is 2. The zero-order valence-corrected chi connectivity index (χ0v) is 18.4. The minimum atomic E-state index is 0.210. The number of para-hydroxylation sites is 2. The normalized spacial score (nSPS) is 11.9. The van der Waals surface area contributed by atoms with Crippen molar-refractivity contribution in [3.8, 4) is 23.0 Å². The standard InChI is InChI=1S/C28H24N2O3/c1-19(25-7-3-5-9-27(25)31)29-21-11-15-23(16-12-21)33-24-17-13-22(14-18-24)30-20(2)26-8-4-6-10-28(26)32/h3-18,31-32H,1-2H3. The molecule has 0 saturated carbocycles. The van der Waals surface area contributed by atoms with Crippen LogP contribution >= 0.6 is 0 Å². The minimum Gasteiger partial charge on any atom is -0.507 e. The van der Waals surface area contributed by atoms with Crippen LogP contribution in [0.4, 0.5) is 11.4 Å². The van der Waals surface area contributed by atoms with Crippen LogP contribution in [0.5, 0.6) is 23.0 Å². The van der Waals surface area contributed by atoms with Crippen LogP contribution in [-0.4, -0.2) is 21.6 Å². The summed E-state index contributed by atoms with van der Waals surface area (Å²) in [6.45, 7) is 3.73. The van der Waals surface area contributed by atoms with Gasteiger partial charge in [0.15, 0.2) is 0 Å². The van der Waals surface area contributed by atoms with Crippen molar-refractivity contribution in [2.24, 2.45) is 9.98 Å². The van der Waals surface area contributed by atoms with Gasteiger partial charge < -0.3 is 14.9 Å². The van der Waals surface area contributed by atoms with Gasteiger partial charge in [-0.25, -0.2) is 0 Å². The van der Waals surface area contributed by atoms with E-state index in [1.807, 2.05) is 86.6 Å². The summed E-state index contributed by atoms with van der Waals surface area (Å²) in [6.07, 6.45) is 0.